The zero-order valence-corrected chi connectivity index (χ0v) is 15.4. The van der Waals surface area contributed by atoms with Crippen molar-refractivity contribution in [1.82, 2.24) is 5.32 Å². The summed E-state index contributed by atoms with van der Waals surface area (Å²) in [4.78, 5) is 23.4. The molecule has 0 unspecified atom stereocenters. The van der Waals surface area contributed by atoms with Gasteiger partial charge in [0.25, 0.3) is 0 Å². The molecule has 0 bridgehead atoms. The minimum Gasteiger partial charge on any atom is -0.496 e. The van der Waals surface area contributed by atoms with Gasteiger partial charge in [0.15, 0.2) is 0 Å². The average molecular weight is 368 g/mol. The van der Waals surface area contributed by atoms with Crippen molar-refractivity contribution in [3.05, 3.63) is 53.6 Å². The SMILES string of the molecule is COc1ccccc1CNC(=O)CCCOc1ccc2c(c1)CCC(=O)N2. The Morgan fingerprint density at radius 1 is 1.19 bits per heavy atom. The summed E-state index contributed by atoms with van der Waals surface area (Å²) >= 11 is 0. The first-order valence-corrected chi connectivity index (χ1v) is 9.10. The van der Waals surface area contributed by atoms with E-state index in [1.807, 2.05) is 42.5 Å². The predicted molar refractivity (Wildman–Crippen MR) is 103 cm³/mol. The zero-order valence-electron chi connectivity index (χ0n) is 15.4. The molecule has 0 aliphatic carbocycles. The molecule has 1 heterocycles. The Hall–Kier alpha value is -3.02. The van der Waals surface area contributed by atoms with Crippen LogP contribution < -0.4 is 20.1 Å². The van der Waals surface area contributed by atoms with Crippen LogP contribution in [0.1, 0.15) is 30.4 Å². The van der Waals surface area contributed by atoms with Gasteiger partial charge in [-0.15, -0.1) is 0 Å². The van der Waals surface area contributed by atoms with Gasteiger partial charge in [-0.3, -0.25) is 9.59 Å². The number of benzene rings is 2. The highest BCUT2D eigenvalue weighted by Crippen LogP contribution is 2.26. The lowest BCUT2D eigenvalue weighted by molar-refractivity contribution is -0.121. The number of carbonyl (C=O) groups is 2. The molecule has 3 rings (SSSR count). The van der Waals surface area contributed by atoms with E-state index in [1.165, 1.54) is 0 Å². The van der Waals surface area contributed by atoms with Crippen molar-refractivity contribution in [2.24, 2.45) is 0 Å². The third kappa shape index (κ3) is 5.23. The first-order valence-electron chi connectivity index (χ1n) is 9.10. The van der Waals surface area contributed by atoms with E-state index in [-0.39, 0.29) is 11.8 Å². The normalized spacial score (nSPS) is 12.7. The molecule has 0 aromatic heterocycles. The standard InChI is InChI=1S/C21H24N2O4/c1-26-19-6-3-2-5-16(19)14-22-20(24)7-4-12-27-17-9-10-18-15(13-17)8-11-21(25)23-18/h2-3,5-6,9-10,13H,4,7-8,11-12,14H2,1H3,(H,22,24)(H,23,25). The first-order chi connectivity index (χ1) is 13.2. The van der Waals surface area contributed by atoms with Crippen molar-refractivity contribution in [3.8, 4) is 11.5 Å². The third-order valence-corrected chi connectivity index (χ3v) is 4.46. The van der Waals surface area contributed by atoms with Gasteiger partial charge < -0.3 is 20.1 Å². The summed E-state index contributed by atoms with van der Waals surface area (Å²) in [7, 11) is 1.62. The lowest BCUT2D eigenvalue weighted by atomic mass is 10.0. The number of carbonyl (C=O) groups excluding carboxylic acids is 2. The van der Waals surface area contributed by atoms with E-state index in [2.05, 4.69) is 10.6 Å². The third-order valence-electron chi connectivity index (χ3n) is 4.46. The molecule has 142 valence electrons. The van der Waals surface area contributed by atoms with E-state index >= 15 is 0 Å². The summed E-state index contributed by atoms with van der Waals surface area (Å²) in [6.07, 6.45) is 2.26. The van der Waals surface area contributed by atoms with Gasteiger partial charge in [-0.05, 0) is 42.7 Å². The Kier molecular flexibility index (Phi) is 6.30. The fraction of sp³-hybridized carbons (Fsp3) is 0.333. The lowest BCUT2D eigenvalue weighted by Gasteiger charge is -2.17. The van der Waals surface area contributed by atoms with Crippen LogP contribution in [0, 0.1) is 0 Å². The largest absolute Gasteiger partial charge is 0.496 e. The van der Waals surface area contributed by atoms with Gasteiger partial charge in [-0.2, -0.15) is 0 Å². The highest BCUT2D eigenvalue weighted by molar-refractivity contribution is 5.94. The second-order valence-electron chi connectivity index (χ2n) is 6.41. The maximum absolute atomic E-state index is 12.0. The number of methoxy groups -OCH3 is 1. The summed E-state index contributed by atoms with van der Waals surface area (Å²) in [6.45, 7) is 0.910. The van der Waals surface area contributed by atoms with Crippen LogP contribution in [0.4, 0.5) is 5.69 Å². The van der Waals surface area contributed by atoms with E-state index in [4.69, 9.17) is 9.47 Å². The van der Waals surface area contributed by atoms with Crippen LogP contribution in [0.15, 0.2) is 42.5 Å². The molecule has 1 aliphatic rings. The number of nitrogens with one attached hydrogen (secondary N) is 2. The van der Waals surface area contributed by atoms with Crippen molar-refractivity contribution in [3.63, 3.8) is 0 Å². The van der Waals surface area contributed by atoms with Crippen LogP contribution in [0.25, 0.3) is 0 Å². The fourth-order valence-corrected chi connectivity index (χ4v) is 3.00. The van der Waals surface area contributed by atoms with Crippen molar-refractivity contribution >= 4 is 17.5 Å². The maximum atomic E-state index is 12.0. The summed E-state index contributed by atoms with van der Waals surface area (Å²) < 4.78 is 11.0. The minimum absolute atomic E-state index is 0.0161. The van der Waals surface area contributed by atoms with E-state index in [1.54, 1.807) is 7.11 Å². The highest BCUT2D eigenvalue weighted by Gasteiger charge is 2.15. The number of hydrogen-bond donors (Lipinski definition) is 2. The molecule has 0 saturated heterocycles. The molecule has 0 spiro atoms. The molecule has 2 aromatic carbocycles. The second kappa shape index (κ2) is 9.07. The first kappa shape index (κ1) is 18.8. The number of anilines is 1. The molecule has 1 aliphatic heterocycles. The number of para-hydroxylation sites is 1. The molecule has 6 heteroatoms. The van der Waals surface area contributed by atoms with Crippen LogP contribution in [-0.2, 0) is 22.6 Å². The van der Waals surface area contributed by atoms with E-state index in [0.29, 0.717) is 32.4 Å². The summed E-state index contributed by atoms with van der Waals surface area (Å²) in [5, 5.41) is 5.75. The van der Waals surface area contributed by atoms with Crippen LogP contribution in [0.5, 0.6) is 11.5 Å². The molecule has 0 saturated carbocycles. The van der Waals surface area contributed by atoms with Crippen molar-refractivity contribution in [1.29, 1.82) is 0 Å². The van der Waals surface area contributed by atoms with Crippen molar-refractivity contribution in [2.45, 2.75) is 32.2 Å². The van der Waals surface area contributed by atoms with Crippen LogP contribution >= 0.6 is 0 Å². The Bertz CT molecular complexity index is 820. The number of fused-ring (bicyclic) bond motifs is 1. The predicted octanol–water partition coefficient (Wildman–Crippen LogP) is 3.06. The van der Waals surface area contributed by atoms with Gasteiger partial charge in [0, 0.05) is 30.6 Å². The van der Waals surface area contributed by atoms with Gasteiger partial charge in [0.2, 0.25) is 11.8 Å². The molecule has 2 amide bonds. The van der Waals surface area contributed by atoms with Gasteiger partial charge >= 0.3 is 0 Å². The van der Waals surface area contributed by atoms with Crippen molar-refractivity contribution in [2.75, 3.05) is 19.0 Å². The topological polar surface area (TPSA) is 76.7 Å². The zero-order chi connectivity index (χ0) is 19.1. The average Bonchev–Trinajstić information content (AvgIpc) is 2.69. The van der Waals surface area contributed by atoms with Gasteiger partial charge in [0.1, 0.15) is 11.5 Å². The number of amides is 2. The van der Waals surface area contributed by atoms with Crippen LogP contribution in [-0.4, -0.2) is 25.5 Å². The second-order valence-corrected chi connectivity index (χ2v) is 6.41. The van der Waals surface area contributed by atoms with E-state index < -0.39 is 0 Å². The van der Waals surface area contributed by atoms with Crippen LogP contribution in [0.2, 0.25) is 0 Å². The monoisotopic (exact) mass is 368 g/mol. The number of ether oxygens (including phenoxy) is 2. The Labute approximate surface area is 158 Å². The quantitative estimate of drug-likeness (QED) is 0.702. The van der Waals surface area contributed by atoms with E-state index in [0.717, 1.165) is 34.7 Å². The molecule has 0 fully saturated rings. The maximum Gasteiger partial charge on any atom is 0.224 e. The Morgan fingerprint density at radius 3 is 2.89 bits per heavy atom. The van der Waals surface area contributed by atoms with Gasteiger partial charge in [-0.25, -0.2) is 0 Å². The van der Waals surface area contributed by atoms with Gasteiger partial charge in [-0.1, -0.05) is 18.2 Å². The van der Waals surface area contributed by atoms with Crippen LogP contribution in [0.3, 0.4) is 0 Å². The summed E-state index contributed by atoms with van der Waals surface area (Å²) in [6, 6.07) is 13.3. The number of rotatable bonds is 8. The van der Waals surface area contributed by atoms with E-state index in [9.17, 15) is 9.59 Å². The Balaban J connectivity index is 1.39. The smallest absolute Gasteiger partial charge is 0.224 e. The molecule has 27 heavy (non-hydrogen) atoms. The summed E-state index contributed by atoms with van der Waals surface area (Å²) in [5.41, 5.74) is 2.89. The number of aryl methyl sites for hydroxylation is 1. The molecule has 0 radical (unpaired) electrons. The van der Waals surface area contributed by atoms with Gasteiger partial charge in [0.05, 0.1) is 13.7 Å². The number of hydrogen-bond acceptors (Lipinski definition) is 4. The molecular weight excluding hydrogens is 344 g/mol. The molecular formula is C21H24N2O4. The lowest BCUT2D eigenvalue weighted by Crippen LogP contribution is -2.23. The Morgan fingerprint density at radius 2 is 2.04 bits per heavy atom. The highest BCUT2D eigenvalue weighted by atomic mass is 16.5. The minimum atomic E-state index is -0.0161. The molecule has 6 nitrogen and oxygen atoms in total. The molecule has 2 N–H and O–H groups in total. The fourth-order valence-electron chi connectivity index (χ4n) is 3.00. The summed E-state index contributed by atoms with van der Waals surface area (Å²) in [5.74, 6) is 1.57. The molecule has 2 aromatic rings. The van der Waals surface area contributed by atoms with Crippen molar-refractivity contribution < 1.29 is 19.1 Å². The molecule has 0 atom stereocenters.